The van der Waals surface area contributed by atoms with Crippen molar-refractivity contribution in [2.75, 3.05) is 19.4 Å². The fourth-order valence-corrected chi connectivity index (χ4v) is 2.92. The SMILES string of the molecule is COC(C)(C)CNS(=O)(=O)c1cc(N)c(F)cc1Cl. The quantitative estimate of drug-likeness (QED) is 0.812. The van der Waals surface area contributed by atoms with Gasteiger partial charge in [-0.15, -0.1) is 0 Å². The molecule has 108 valence electrons. The number of rotatable bonds is 5. The second kappa shape index (κ2) is 5.62. The predicted octanol–water partition coefficient (Wildman–Crippen LogP) is 1.76. The standard InChI is InChI=1S/C11H16ClFN2O3S/c1-11(2,18-3)6-15-19(16,17)10-5-9(14)8(13)4-7(10)12/h4-5,15H,6,14H2,1-3H3. The summed E-state index contributed by atoms with van der Waals surface area (Å²) in [7, 11) is -2.41. The molecule has 0 unspecified atom stereocenters. The zero-order chi connectivity index (χ0) is 14.8. The highest BCUT2D eigenvalue weighted by atomic mass is 35.5. The smallest absolute Gasteiger partial charge is 0.242 e. The topological polar surface area (TPSA) is 81.4 Å². The number of hydrogen-bond acceptors (Lipinski definition) is 4. The van der Waals surface area contributed by atoms with Gasteiger partial charge in [-0.1, -0.05) is 11.6 Å². The molecular weight excluding hydrogens is 295 g/mol. The summed E-state index contributed by atoms with van der Waals surface area (Å²) in [6.07, 6.45) is 0. The summed E-state index contributed by atoms with van der Waals surface area (Å²) in [5.41, 5.74) is 4.39. The Balaban J connectivity index is 3.05. The highest BCUT2D eigenvalue weighted by Gasteiger charge is 2.24. The van der Waals surface area contributed by atoms with Crippen LogP contribution in [0.2, 0.25) is 5.02 Å². The fraction of sp³-hybridized carbons (Fsp3) is 0.455. The molecule has 0 atom stereocenters. The highest BCUT2D eigenvalue weighted by Crippen LogP contribution is 2.26. The Kier molecular flexibility index (Phi) is 4.78. The summed E-state index contributed by atoms with van der Waals surface area (Å²) in [6.45, 7) is 3.48. The fourth-order valence-electron chi connectivity index (χ4n) is 1.17. The van der Waals surface area contributed by atoms with Crippen LogP contribution in [0.25, 0.3) is 0 Å². The van der Waals surface area contributed by atoms with Crippen LogP contribution in [0, 0.1) is 5.82 Å². The van der Waals surface area contributed by atoms with Gasteiger partial charge < -0.3 is 10.5 Å². The summed E-state index contributed by atoms with van der Waals surface area (Å²) in [6, 6.07) is 1.85. The molecule has 5 nitrogen and oxygen atoms in total. The van der Waals surface area contributed by atoms with Gasteiger partial charge in [0.05, 0.1) is 16.3 Å². The zero-order valence-corrected chi connectivity index (χ0v) is 12.4. The van der Waals surface area contributed by atoms with Crippen LogP contribution in [-0.2, 0) is 14.8 Å². The van der Waals surface area contributed by atoms with E-state index in [2.05, 4.69) is 4.72 Å². The number of halogens is 2. The molecular formula is C11H16ClFN2O3S. The lowest BCUT2D eigenvalue weighted by Gasteiger charge is -2.23. The van der Waals surface area contributed by atoms with Crippen molar-refractivity contribution >= 4 is 27.3 Å². The average molecular weight is 311 g/mol. The molecule has 1 aromatic carbocycles. The number of sulfonamides is 1. The molecule has 0 saturated heterocycles. The Morgan fingerprint density at radius 2 is 2.05 bits per heavy atom. The van der Waals surface area contributed by atoms with Gasteiger partial charge >= 0.3 is 0 Å². The molecule has 1 aromatic rings. The molecule has 1 rings (SSSR count). The first kappa shape index (κ1) is 16.2. The van der Waals surface area contributed by atoms with Crippen LogP contribution in [0.4, 0.5) is 10.1 Å². The van der Waals surface area contributed by atoms with Crippen molar-refractivity contribution in [1.29, 1.82) is 0 Å². The van der Waals surface area contributed by atoms with Crippen LogP contribution in [0.15, 0.2) is 17.0 Å². The molecule has 0 amide bonds. The van der Waals surface area contributed by atoms with E-state index in [-0.39, 0.29) is 22.2 Å². The summed E-state index contributed by atoms with van der Waals surface area (Å²) in [5.74, 6) is -0.763. The first-order chi connectivity index (χ1) is 8.59. The van der Waals surface area contributed by atoms with E-state index in [0.717, 1.165) is 12.1 Å². The Hall–Kier alpha value is -0.890. The number of methoxy groups -OCH3 is 1. The van der Waals surface area contributed by atoms with Gasteiger partial charge in [0.1, 0.15) is 10.7 Å². The second-order valence-corrected chi connectivity index (χ2v) is 6.74. The molecule has 0 bridgehead atoms. The number of nitrogens with one attached hydrogen (secondary N) is 1. The van der Waals surface area contributed by atoms with Gasteiger partial charge in [-0.25, -0.2) is 17.5 Å². The molecule has 3 N–H and O–H groups in total. The maximum atomic E-state index is 13.1. The van der Waals surface area contributed by atoms with Gasteiger partial charge in [-0.3, -0.25) is 0 Å². The van der Waals surface area contributed by atoms with Gasteiger partial charge in [0, 0.05) is 13.7 Å². The van der Waals surface area contributed by atoms with Crippen molar-refractivity contribution in [1.82, 2.24) is 4.72 Å². The Morgan fingerprint density at radius 1 is 1.47 bits per heavy atom. The van der Waals surface area contributed by atoms with Crippen molar-refractivity contribution in [3.63, 3.8) is 0 Å². The Labute approximate surface area is 116 Å². The molecule has 0 heterocycles. The average Bonchev–Trinajstić information content (AvgIpc) is 2.31. The number of ether oxygens (including phenoxy) is 1. The molecule has 0 fully saturated rings. The van der Waals surface area contributed by atoms with Crippen molar-refractivity contribution in [3.05, 3.63) is 23.0 Å². The van der Waals surface area contributed by atoms with E-state index < -0.39 is 21.4 Å². The third-order valence-corrected chi connectivity index (χ3v) is 4.45. The first-order valence-electron chi connectivity index (χ1n) is 5.38. The first-order valence-corrected chi connectivity index (χ1v) is 7.24. The van der Waals surface area contributed by atoms with Gasteiger partial charge in [0.2, 0.25) is 10.0 Å². The van der Waals surface area contributed by atoms with Crippen LogP contribution in [0.3, 0.4) is 0 Å². The summed E-state index contributed by atoms with van der Waals surface area (Å²) in [4.78, 5) is -0.264. The van der Waals surface area contributed by atoms with E-state index in [0.29, 0.717) is 0 Å². The predicted molar refractivity (Wildman–Crippen MR) is 72.1 cm³/mol. The van der Waals surface area contributed by atoms with Crippen LogP contribution in [0.1, 0.15) is 13.8 Å². The Morgan fingerprint density at radius 3 is 2.58 bits per heavy atom. The molecule has 19 heavy (non-hydrogen) atoms. The van der Waals surface area contributed by atoms with Crippen LogP contribution in [0.5, 0.6) is 0 Å². The minimum atomic E-state index is -3.88. The number of hydrogen-bond donors (Lipinski definition) is 2. The maximum Gasteiger partial charge on any atom is 0.242 e. The molecule has 0 aliphatic heterocycles. The van der Waals surface area contributed by atoms with Gasteiger partial charge in [0.15, 0.2) is 0 Å². The second-order valence-electron chi connectivity index (χ2n) is 4.59. The maximum absolute atomic E-state index is 13.1. The monoisotopic (exact) mass is 310 g/mol. The normalized spacial score (nSPS) is 12.7. The van der Waals surface area contributed by atoms with E-state index in [1.807, 2.05) is 0 Å². The summed E-state index contributed by atoms with van der Waals surface area (Å²) < 4.78 is 44.7. The van der Waals surface area contributed by atoms with Crippen molar-refractivity contribution < 1.29 is 17.5 Å². The molecule has 0 aromatic heterocycles. The minimum Gasteiger partial charge on any atom is -0.396 e. The summed E-state index contributed by atoms with van der Waals surface area (Å²) in [5, 5.41) is -0.227. The van der Waals surface area contributed by atoms with E-state index in [4.69, 9.17) is 22.1 Å². The van der Waals surface area contributed by atoms with Gasteiger partial charge in [0.25, 0.3) is 0 Å². The molecule has 0 spiro atoms. The lowest BCUT2D eigenvalue weighted by Crippen LogP contribution is -2.39. The van der Waals surface area contributed by atoms with Crippen LogP contribution >= 0.6 is 11.6 Å². The van der Waals surface area contributed by atoms with Crippen LogP contribution < -0.4 is 10.5 Å². The van der Waals surface area contributed by atoms with Crippen molar-refractivity contribution in [2.45, 2.75) is 24.3 Å². The number of benzene rings is 1. The van der Waals surface area contributed by atoms with Crippen molar-refractivity contribution in [3.8, 4) is 0 Å². The van der Waals surface area contributed by atoms with E-state index in [1.54, 1.807) is 13.8 Å². The molecule has 0 aliphatic rings. The zero-order valence-electron chi connectivity index (χ0n) is 10.8. The number of nitrogens with two attached hydrogens (primary N) is 1. The molecule has 0 aliphatic carbocycles. The van der Waals surface area contributed by atoms with E-state index in [1.165, 1.54) is 7.11 Å². The third-order valence-electron chi connectivity index (χ3n) is 2.58. The van der Waals surface area contributed by atoms with E-state index in [9.17, 15) is 12.8 Å². The molecule has 0 radical (unpaired) electrons. The molecule has 0 saturated carbocycles. The number of anilines is 1. The minimum absolute atomic E-state index is 0.0411. The molecule has 8 heteroatoms. The highest BCUT2D eigenvalue weighted by molar-refractivity contribution is 7.89. The number of nitrogen functional groups attached to an aromatic ring is 1. The summed E-state index contributed by atoms with van der Waals surface area (Å²) >= 11 is 5.72. The van der Waals surface area contributed by atoms with Gasteiger partial charge in [-0.05, 0) is 26.0 Å². The lowest BCUT2D eigenvalue weighted by molar-refractivity contribution is 0.0276. The van der Waals surface area contributed by atoms with E-state index >= 15 is 0 Å². The third kappa shape index (κ3) is 4.04. The lowest BCUT2D eigenvalue weighted by atomic mass is 10.1. The van der Waals surface area contributed by atoms with Gasteiger partial charge in [-0.2, -0.15) is 0 Å². The largest absolute Gasteiger partial charge is 0.396 e. The van der Waals surface area contributed by atoms with Crippen LogP contribution in [-0.4, -0.2) is 27.7 Å². The Bertz CT molecular complexity index is 576. The van der Waals surface area contributed by atoms with Crippen molar-refractivity contribution in [2.24, 2.45) is 0 Å².